The largest absolute Gasteiger partial charge is 0.496 e. The lowest BCUT2D eigenvalue weighted by Gasteiger charge is -2.07. The molecule has 2 aromatic rings. The van der Waals surface area contributed by atoms with E-state index in [-0.39, 0.29) is 0 Å². The number of hydrogen-bond donors (Lipinski definition) is 1. The Bertz CT molecular complexity index is 547. The van der Waals surface area contributed by atoms with Crippen LogP contribution in [0.3, 0.4) is 0 Å². The van der Waals surface area contributed by atoms with Crippen molar-refractivity contribution in [2.45, 2.75) is 20.3 Å². The van der Waals surface area contributed by atoms with Gasteiger partial charge in [0.05, 0.1) is 7.11 Å². The second kappa shape index (κ2) is 5.04. The van der Waals surface area contributed by atoms with Gasteiger partial charge >= 0.3 is 0 Å². The standard InChI is InChI=1S/C14H17N3O/c1-9-6-11(4-5-12(9)18-3)8-14-16-10(2)7-13(15)17-14/h4-7H,8H2,1-3H3,(H2,15,16,17). The fourth-order valence-electron chi connectivity index (χ4n) is 1.97. The lowest BCUT2D eigenvalue weighted by atomic mass is 10.1. The number of nitrogen functional groups attached to an aromatic ring is 1. The van der Waals surface area contributed by atoms with Gasteiger partial charge in [-0.2, -0.15) is 0 Å². The molecule has 4 nitrogen and oxygen atoms in total. The summed E-state index contributed by atoms with van der Waals surface area (Å²) in [5.74, 6) is 2.16. The predicted molar refractivity (Wildman–Crippen MR) is 71.7 cm³/mol. The third-order valence-corrected chi connectivity index (χ3v) is 2.74. The molecular weight excluding hydrogens is 226 g/mol. The van der Waals surface area contributed by atoms with Gasteiger partial charge in [-0.25, -0.2) is 9.97 Å². The Morgan fingerprint density at radius 1 is 1.17 bits per heavy atom. The second-order valence-corrected chi connectivity index (χ2v) is 4.33. The van der Waals surface area contributed by atoms with Gasteiger partial charge in [0.2, 0.25) is 0 Å². The summed E-state index contributed by atoms with van der Waals surface area (Å²) in [4.78, 5) is 8.62. The first-order valence-corrected chi connectivity index (χ1v) is 5.82. The summed E-state index contributed by atoms with van der Waals surface area (Å²) in [5.41, 5.74) is 8.87. The highest BCUT2D eigenvalue weighted by atomic mass is 16.5. The molecule has 94 valence electrons. The molecule has 2 rings (SSSR count). The van der Waals surface area contributed by atoms with Crippen molar-refractivity contribution >= 4 is 5.82 Å². The average Bonchev–Trinajstić information content (AvgIpc) is 2.27. The molecule has 0 bridgehead atoms. The van der Waals surface area contributed by atoms with E-state index in [0.717, 1.165) is 28.4 Å². The minimum Gasteiger partial charge on any atom is -0.496 e. The van der Waals surface area contributed by atoms with Gasteiger partial charge < -0.3 is 10.5 Å². The molecule has 0 radical (unpaired) electrons. The molecule has 0 aliphatic carbocycles. The monoisotopic (exact) mass is 243 g/mol. The Morgan fingerprint density at radius 2 is 1.94 bits per heavy atom. The maximum atomic E-state index is 5.72. The summed E-state index contributed by atoms with van der Waals surface area (Å²) in [5, 5.41) is 0. The normalized spacial score (nSPS) is 10.4. The van der Waals surface area contributed by atoms with Gasteiger partial charge in [-0.15, -0.1) is 0 Å². The van der Waals surface area contributed by atoms with Gasteiger partial charge in [-0.3, -0.25) is 0 Å². The molecule has 0 saturated heterocycles. The fourth-order valence-corrected chi connectivity index (χ4v) is 1.97. The Morgan fingerprint density at radius 3 is 2.56 bits per heavy atom. The molecule has 1 aromatic heterocycles. The van der Waals surface area contributed by atoms with Crippen LogP contribution in [0.5, 0.6) is 5.75 Å². The van der Waals surface area contributed by atoms with Crippen LogP contribution in [-0.2, 0) is 6.42 Å². The molecule has 18 heavy (non-hydrogen) atoms. The molecule has 1 heterocycles. The number of ether oxygens (including phenoxy) is 1. The summed E-state index contributed by atoms with van der Waals surface area (Å²) in [6.07, 6.45) is 0.677. The van der Waals surface area contributed by atoms with E-state index in [0.29, 0.717) is 12.2 Å². The third kappa shape index (κ3) is 2.77. The van der Waals surface area contributed by atoms with Crippen LogP contribution in [-0.4, -0.2) is 17.1 Å². The summed E-state index contributed by atoms with van der Waals surface area (Å²) in [6.45, 7) is 3.94. The highest BCUT2D eigenvalue weighted by Crippen LogP contribution is 2.19. The van der Waals surface area contributed by atoms with Crippen molar-refractivity contribution in [3.05, 3.63) is 46.9 Å². The molecule has 0 saturated carbocycles. The van der Waals surface area contributed by atoms with Crippen molar-refractivity contribution in [2.24, 2.45) is 0 Å². The number of benzene rings is 1. The van der Waals surface area contributed by atoms with E-state index in [2.05, 4.69) is 16.0 Å². The Balaban J connectivity index is 2.25. The van der Waals surface area contributed by atoms with E-state index < -0.39 is 0 Å². The molecule has 0 fully saturated rings. The summed E-state index contributed by atoms with van der Waals surface area (Å²) < 4.78 is 5.24. The van der Waals surface area contributed by atoms with Crippen LogP contribution in [0.25, 0.3) is 0 Å². The third-order valence-electron chi connectivity index (χ3n) is 2.74. The number of aromatic nitrogens is 2. The van der Waals surface area contributed by atoms with Gasteiger partial charge in [0.1, 0.15) is 17.4 Å². The van der Waals surface area contributed by atoms with E-state index in [1.54, 1.807) is 13.2 Å². The first-order chi connectivity index (χ1) is 8.58. The highest BCUT2D eigenvalue weighted by molar-refractivity contribution is 5.38. The van der Waals surface area contributed by atoms with Crippen LogP contribution in [0.4, 0.5) is 5.82 Å². The van der Waals surface area contributed by atoms with E-state index in [1.165, 1.54) is 0 Å². The maximum Gasteiger partial charge on any atom is 0.135 e. The molecule has 0 amide bonds. The zero-order chi connectivity index (χ0) is 13.1. The number of nitrogens with two attached hydrogens (primary N) is 1. The fraction of sp³-hybridized carbons (Fsp3) is 0.286. The van der Waals surface area contributed by atoms with Crippen molar-refractivity contribution in [2.75, 3.05) is 12.8 Å². The second-order valence-electron chi connectivity index (χ2n) is 4.33. The number of methoxy groups -OCH3 is 1. The van der Waals surface area contributed by atoms with Crippen LogP contribution in [0.15, 0.2) is 24.3 Å². The lowest BCUT2D eigenvalue weighted by molar-refractivity contribution is 0.411. The summed E-state index contributed by atoms with van der Waals surface area (Å²) >= 11 is 0. The van der Waals surface area contributed by atoms with Crippen LogP contribution in [0.1, 0.15) is 22.6 Å². The van der Waals surface area contributed by atoms with Gasteiger partial charge in [-0.05, 0) is 31.0 Å². The molecule has 1 aromatic carbocycles. The van der Waals surface area contributed by atoms with Crippen molar-refractivity contribution in [1.29, 1.82) is 0 Å². The Labute approximate surface area is 107 Å². The first-order valence-electron chi connectivity index (χ1n) is 5.82. The van der Waals surface area contributed by atoms with E-state index >= 15 is 0 Å². The number of hydrogen-bond acceptors (Lipinski definition) is 4. The maximum absolute atomic E-state index is 5.72. The number of rotatable bonds is 3. The van der Waals surface area contributed by atoms with Gasteiger partial charge in [0.25, 0.3) is 0 Å². The topological polar surface area (TPSA) is 61.0 Å². The van der Waals surface area contributed by atoms with E-state index in [1.807, 2.05) is 26.0 Å². The quantitative estimate of drug-likeness (QED) is 0.898. The minimum atomic E-state index is 0.516. The first kappa shape index (κ1) is 12.4. The minimum absolute atomic E-state index is 0.516. The van der Waals surface area contributed by atoms with Crippen molar-refractivity contribution in [3.63, 3.8) is 0 Å². The molecule has 0 aliphatic heterocycles. The molecule has 0 aliphatic rings. The Hall–Kier alpha value is -2.10. The SMILES string of the molecule is COc1ccc(Cc2nc(C)cc(N)n2)cc1C. The van der Waals surface area contributed by atoms with Crippen LogP contribution < -0.4 is 10.5 Å². The van der Waals surface area contributed by atoms with Crippen molar-refractivity contribution in [3.8, 4) is 5.75 Å². The molecule has 0 spiro atoms. The zero-order valence-electron chi connectivity index (χ0n) is 10.9. The van der Waals surface area contributed by atoms with Crippen LogP contribution >= 0.6 is 0 Å². The molecule has 0 atom stereocenters. The predicted octanol–water partition coefficient (Wildman–Crippen LogP) is 2.28. The summed E-state index contributed by atoms with van der Waals surface area (Å²) in [7, 11) is 1.67. The number of aryl methyl sites for hydroxylation is 2. The van der Waals surface area contributed by atoms with Gasteiger partial charge in [0.15, 0.2) is 0 Å². The zero-order valence-corrected chi connectivity index (χ0v) is 10.9. The summed E-state index contributed by atoms with van der Waals surface area (Å²) in [6, 6.07) is 7.83. The Kier molecular flexibility index (Phi) is 3.46. The van der Waals surface area contributed by atoms with E-state index in [4.69, 9.17) is 10.5 Å². The molecule has 4 heteroatoms. The smallest absolute Gasteiger partial charge is 0.135 e. The highest BCUT2D eigenvalue weighted by Gasteiger charge is 2.04. The van der Waals surface area contributed by atoms with Crippen molar-refractivity contribution < 1.29 is 4.74 Å². The average molecular weight is 243 g/mol. The van der Waals surface area contributed by atoms with Crippen LogP contribution in [0.2, 0.25) is 0 Å². The lowest BCUT2D eigenvalue weighted by Crippen LogP contribution is -2.02. The molecule has 2 N–H and O–H groups in total. The van der Waals surface area contributed by atoms with Gasteiger partial charge in [-0.1, -0.05) is 12.1 Å². The molecule has 0 unspecified atom stereocenters. The molecular formula is C14H17N3O. The van der Waals surface area contributed by atoms with E-state index in [9.17, 15) is 0 Å². The van der Waals surface area contributed by atoms with Gasteiger partial charge in [0, 0.05) is 18.2 Å². The van der Waals surface area contributed by atoms with Crippen LogP contribution in [0, 0.1) is 13.8 Å². The number of nitrogens with zero attached hydrogens (tertiary/aromatic N) is 2. The number of anilines is 1. The van der Waals surface area contributed by atoms with Crippen molar-refractivity contribution in [1.82, 2.24) is 9.97 Å².